The van der Waals surface area contributed by atoms with Gasteiger partial charge in [0.1, 0.15) is 17.3 Å². The molecule has 3 rings (SSSR count). The molecule has 1 aliphatic heterocycles. The molecule has 0 saturated heterocycles. The van der Waals surface area contributed by atoms with Gasteiger partial charge in [-0.2, -0.15) is 0 Å². The lowest BCUT2D eigenvalue weighted by molar-refractivity contribution is 0.778. The van der Waals surface area contributed by atoms with Crippen molar-refractivity contribution in [1.82, 2.24) is 9.97 Å². The van der Waals surface area contributed by atoms with Crippen LogP contribution in [0.5, 0.6) is 0 Å². The molecular formula is C16H18ClN3. The summed E-state index contributed by atoms with van der Waals surface area (Å²) in [5.41, 5.74) is 3.96. The highest BCUT2D eigenvalue weighted by molar-refractivity contribution is 6.30. The molecule has 0 bridgehead atoms. The minimum absolute atomic E-state index is 0.583. The number of benzene rings is 1. The van der Waals surface area contributed by atoms with Crippen LogP contribution in [-0.4, -0.2) is 23.1 Å². The first-order chi connectivity index (χ1) is 9.79. The van der Waals surface area contributed by atoms with Gasteiger partial charge in [-0.25, -0.2) is 9.97 Å². The Balaban J connectivity index is 1.89. The number of halogens is 1. The van der Waals surface area contributed by atoms with E-state index in [2.05, 4.69) is 46.1 Å². The van der Waals surface area contributed by atoms with Crippen LogP contribution in [0.2, 0.25) is 5.15 Å². The van der Waals surface area contributed by atoms with Crippen LogP contribution in [0.25, 0.3) is 0 Å². The average molecular weight is 288 g/mol. The first-order valence-electron chi connectivity index (χ1n) is 7.10. The molecule has 104 valence electrons. The van der Waals surface area contributed by atoms with Crippen LogP contribution in [0, 0.1) is 0 Å². The van der Waals surface area contributed by atoms with Crippen molar-refractivity contribution in [3.05, 3.63) is 52.4 Å². The monoisotopic (exact) mass is 287 g/mol. The lowest BCUT2D eigenvalue weighted by Gasteiger charge is -2.23. The van der Waals surface area contributed by atoms with E-state index in [9.17, 15) is 0 Å². The smallest absolute Gasteiger partial charge is 0.137 e. The van der Waals surface area contributed by atoms with Gasteiger partial charge < -0.3 is 4.90 Å². The number of fused-ring (bicyclic) bond motifs is 1. The van der Waals surface area contributed by atoms with E-state index in [1.165, 1.54) is 11.1 Å². The Bertz CT molecular complexity index is 585. The van der Waals surface area contributed by atoms with Gasteiger partial charge in [-0.05, 0) is 30.4 Å². The van der Waals surface area contributed by atoms with Crippen LogP contribution in [-0.2, 0) is 19.3 Å². The number of anilines is 1. The second-order valence-electron chi connectivity index (χ2n) is 5.08. The summed E-state index contributed by atoms with van der Waals surface area (Å²) in [5, 5.41) is 0.583. The highest BCUT2D eigenvalue weighted by Crippen LogP contribution is 2.26. The van der Waals surface area contributed by atoms with E-state index in [0.29, 0.717) is 5.15 Å². The molecule has 0 saturated carbocycles. The van der Waals surface area contributed by atoms with Crippen molar-refractivity contribution in [3.63, 3.8) is 0 Å². The molecule has 0 fully saturated rings. The summed E-state index contributed by atoms with van der Waals surface area (Å²) in [4.78, 5) is 10.9. The van der Waals surface area contributed by atoms with E-state index in [4.69, 9.17) is 11.6 Å². The SMILES string of the molecule is CCc1c(Cl)ncnc1N1CCc2ccccc2CC1. The molecule has 4 heteroatoms. The molecule has 20 heavy (non-hydrogen) atoms. The van der Waals surface area contributed by atoms with Crippen molar-refractivity contribution >= 4 is 17.4 Å². The first-order valence-corrected chi connectivity index (χ1v) is 7.48. The van der Waals surface area contributed by atoms with Crippen LogP contribution in [0.3, 0.4) is 0 Å². The third-order valence-electron chi connectivity index (χ3n) is 3.94. The summed E-state index contributed by atoms with van der Waals surface area (Å²) < 4.78 is 0. The van der Waals surface area contributed by atoms with Crippen LogP contribution < -0.4 is 4.90 Å². The maximum atomic E-state index is 6.20. The van der Waals surface area contributed by atoms with E-state index < -0.39 is 0 Å². The van der Waals surface area contributed by atoms with Gasteiger partial charge in [0.15, 0.2) is 0 Å². The molecule has 0 spiro atoms. The first kappa shape index (κ1) is 13.4. The molecule has 1 aromatic heterocycles. The Morgan fingerprint density at radius 1 is 1.10 bits per heavy atom. The van der Waals surface area contributed by atoms with Crippen LogP contribution >= 0.6 is 11.6 Å². The number of nitrogens with zero attached hydrogens (tertiary/aromatic N) is 3. The lowest BCUT2D eigenvalue weighted by atomic mass is 10.0. The van der Waals surface area contributed by atoms with Crippen LogP contribution in [0.15, 0.2) is 30.6 Å². The fourth-order valence-electron chi connectivity index (χ4n) is 2.84. The Morgan fingerprint density at radius 2 is 1.75 bits per heavy atom. The number of hydrogen-bond donors (Lipinski definition) is 0. The second-order valence-corrected chi connectivity index (χ2v) is 5.43. The zero-order valence-electron chi connectivity index (χ0n) is 11.6. The average Bonchev–Trinajstić information content (AvgIpc) is 2.69. The standard InChI is InChI=1S/C16H18ClN3/c1-2-14-15(17)18-11-19-16(14)20-9-7-12-5-3-4-6-13(12)8-10-20/h3-6,11H,2,7-10H2,1H3. The van der Waals surface area contributed by atoms with E-state index in [1.54, 1.807) is 6.33 Å². The molecule has 0 aliphatic carbocycles. The maximum absolute atomic E-state index is 6.20. The minimum atomic E-state index is 0.583. The number of hydrogen-bond acceptors (Lipinski definition) is 3. The molecule has 1 aromatic carbocycles. The molecule has 1 aliphatic rings. The molecule has 0 amide bonds. The fraction of sp³-hybridized carbons (Fsp3) is 0.375. The van der Waals surface area contributed by atoms with Gasteiger partial charge in [-0.3, -0.25) is 0 Å². The molecular weight excluding hydrogens is 270 g/mol. The van der Waals surface area contributed by atoms with Gasteiger partial charge in [0.05, 0.1) is 0 Å². The molecule has 2 aromatic rings. The normalized spacial score (nSPS) is 14.8. The second kappa shape index (κ2) is 5.80. The molecule has 0 radical (unpaired) electrons. The Morgan fingerprint density at radius 3 is 2.35 bits per heavy atom. The third kappa shape index (κ3) is 2.50. The number of rotatable bonds is 2. The summed E-state index contributed by atoms with van der Waals surface area (Å²) in [6.45, 7) is 4.06. The molecule has 0 atom stereocenters. The van der Waals surface area contributed by atoms with E-state index in [-0.39, 0.29) is 0 Å². The van der Waals surface area contributed by atoms with Crippen molar-refractivity contribution in [3.8, 4) is 0 Å². The van der Waals surface area contributed by atoms with Gasteiger partial charge in [-0.15, -0.1) is 0 Å². The summed E-state index contributed by atoms with van der Waals surface area (Å²) in [6, 6.07) is 8.69. The minimum Gasteiger partial charge on any atom is -0.356 e. The van der Waals surface area contributed by atoms with Gasteiger partial charge >= 0.3 is 0 Å². The molecule has 3 nitrogen and oxygen atoms in total. The summed E-state index contributed by atoms with van der Waals surface area (Å²) in [6.07, 6.45) is 4.54. The van der Waals surface area contributed by atoms with Gasteiger partial charge in [0.25, 0.3) is 0 Å². The zero-order valence-corrected chi connectivity index (χ0v) is 12.4. The molecule has 0 N–H and O–H groups in total. The van der Waals surface area contributed by atoms with Gasteiger partial charge in [0, 0.05) is 18.7 Å². The lowest BCUT2D eigenvalue weighted by Crippen LogP contribution is -2.28. The summed E-state index contributed by atoms with van der Waals surface area (Å²) in [5.74, 6) is 1.00. The van der Waals surface area contributed by atoms with Crippen molar-refractivity contribution in [1.29, 1.82) is 0 Å². The van der Waals surface area contributed by atoms with Crippen molar-refractivity contribution < 1.29 is 0 Å². The van der Waals surface area contributed by atoms with Crippen molar-refractivity contribution in [2.75, 3.05) is 18.0 Å². The van der Waals surface area contributed by atoms with E-state index in [1.807, 2.05) is 0 Å². The third-order valence-corrected chi connectivity index (χ3v) is 4.27. The summed E-state index contributed by atoms with van der Waals surface area (Å²) in [7, 11) is 0. The van der Waals surface area contributed by atoms with Crippen molar-refractivity contribution in [2.24, 2.45) is 0 Å². The van der Waals surface area contributed by atoms with Crippen molar-refractivity contribution in [2.45, 2.75) is 26.2 Å². The highest BCUT2D eigenvalue weighted by atomic mass is 35.5. The highest BCUT2D eigenvalue weighted by Gasteiger charge is 2.18. The van der Waals surface area contributed by atoms with E-state index >= 15 is 0 Å². The van der Waals surface area contributed by atoms with Crippen LogP contribution in [0.4, 0.5) is 5.82 Å². The Hall–Kier alpha value is -1.61. The molecule has 0 unspecified atom stereocenters. The largest absolute Gasteiger partial charge is 0.356 e. The molecule has 2 heterocycles. The fourth-order valence-corrected chi connectivity index (χ4v) is 3.10. The summed E-state index contributed by atoms with van der Waals surface area (Å²) >= 11 is 6.20. The Labute approximate surface area is 124 Å². The van der Waals surface area contributed by atoms with E-state index in [0.717, 1.165) is 43.7 Å². The zero-order chi connectivity index (χ0) is 13.9. The maximum Gasteiger partial charge on any atom is 0.137 e. The topological polar surface area (TPSA) is 29.0 Å². The Kier molecular flexibility index (Phi) is 3.88. The number of aromatic nitrogens is 2. The predicted molar refractivity (Wildman–Crippen MR) is 82.5 cm³/mol. The van der Waals surface area contributed by atoms with Gasteiger partial charge in [-0.1, -0.05) is 42.8 Å². The van der Waals surface area contributed by atoms with Crippen LogP contribution in [0.1, 0.15) is 23.6 Å². The predicted octanol–water partition coefficient (Wildman–Crippen LogP) is 3.30. The van der Waals surface area contributed by atoms with Gasteiger partial charge in [0.2, 0.25) is 0 Å². The quantitative estimate of drug-likeness (QED) is 0.794.